The summed E-state index contributed by atoms with van der Waals surface area (Å²) in [5, 5.41) is 12.9. The SMILES string of the molecule is C1=NO1.N#CC(COc1ccc(Cl)cc1)c1ccccc1. The second kappa shape index (κ2) is 7.93. The molecule has 1 heterocycles. The molecular formula is C16H13ClN2O2. The van der Waals surface area contributed by atoms with Crippen LogP contribution in [-0.4, -0.2) is 13.0 Å². The summed E-state index contributed by atoms with van der Waals surface area (Å²) in [6.07, 6.45) is 1.38. The summed E-state index contributed by atoms with van der Waals surface area (Å²) in [7, 11) is 0. The minimum atomic E-state index is -0.262. The van der Waals surface area contributed by atoms with Crippen LogP contribution in [-0.2, 0) is 4.84 Å². The Hall–Kier alpha value is -2.51. The smallest absolute Gasteiger partial charge is 0.249 e. The Balaban J connectivity index is 0.000000477. The molecule has 0 aromatic heterocycles. The third kappa shape index (κ3) is 5.55. The van der Waals surface area contributed by atoms with Crippen LogP contribution in [0.4, 0.5) is 0 Å². The number of nitrogens with zero attached hydrogens (tertiary/aromatic N) is 2. The van der Waals surface area contributed by atoms with E-state index < -0.39 is 0 Å². The van der Waals surface area contributed by atoms with Gasteiger partial charge in [0, 0.05) is 5.02 Å². The molecule has 0 fully saturated rings. The molecule has 0 bridgehead atoms. The molecule has 0 radical (unpaired) electrons. The minimum absolute atomic E-state index is 0.262. The zero-order chi connectivity index (χ0) is 14.9. The Morgan fingerprint density at radius 3 is 2.29 bits per heavy atom. The van der Waals surface area contributed by atoms with Gasteiger partial charge < -0.3 is 9.57 Å². The Bertz CT molecular complexity index is 617. The lowest BCUT2D eigenvalue weighted by molar-refractivity contribution is 0.308. The number of hydrogen-bond acceptors (Lipinski definition) is 4. The third-order valence-corrected chi connectivity index (χ3v) is 2.95. The van der Waals surface area contributed by atoms with Gasteiger partial charge in [-0.2, -0.15) is 5.26 Å². The van der Waals surface area contributed by atoms with Gasteiger partial charge in [-0.3, -0.25) is 0 Å². The standard InChI is InChI=1S/C15H12ClNO.CHNO/c16-14-6-8-15(9-7-14)18-11-13(10-17)12-4-2-1-3-5-12;1-2-3-1/h1-9,13H,11H2;1H. The molecule has 2 aromatic rings. The van der Waals surface area contributed by atoms with Crippen LogP contribution in [0.1, 0.15) is 11.5 Å². The molecule has 5 heteroatoms. The molecule has 2 aromatic carbocycles. The summed E-state index contributed by atoms with van der Waals surface area (Å²) in [5.41, 5.74) is 0.967. The zero-order valence-corrected chi connectivity index (χ0v) is 11.9. The van der Waals surface area contributed by atoms with Crippen molar-refractivity contribution in [1.29, 1.82) is 5.26 Å². The first-order chi connectivity index (χ1) is 10.3. The fraction of sp³-hybridized carbons (Fsp3) is 0.125. The van der Waals surface area contributed by atoms with Gasteiger partial charge in [0.05, 0.1) is 6.07 Å². The van der Waals surface area contributed by atoms with E-state index in [-0.39, 0.29) is 5.92 Å². The van der Waals surface area contributed by atoms with Crippen molar-refractivity contribution >= 4 is 18.0 Å². The van der Waals surface area contributed by atoms with E-state index in [9.17, 15) is 0 Å². The van der Waals surface area contributed by atoms with Gasteiger partial charge in [-0.05, 0) is 35.0 Å². The molecule has 0 saturated heterocycles. The van der Waals surface area contributed by atoms with E-state index in [0.717, 1.165) is 11.3 Å². The average molecular weight is 301 g/mol. The van der Waals surface area contributed by atoms with Crippen molar-refractivity contribution in [3.63, 3.8) is 0 Å². The lowest BCUT2D eigenvalue weighted by atomic mass is 10.0. The highest BCUT2D eigenvalue weighted by molar-refractivity contribution is 6.30. The molecule has 0 spiro atoms. The van der Waals surface area contributed by atoms with Crippen molar-refractivity contribution in [2.75, 3.05) is 6.61 Å². The largest absolute Gasteiger partial charge is 0.492 e. The lowest BCUT2D eigenvalue weighted by Gasteiger charge is -2.11. The number of rotatable bonds is 4. The Kier molecular flexibility index (Phi) is 5.62. The molecule has 106 valence electrons. The Labute approximate surface area is 128 Å². The molecule has 1 aliphatic rings. The quantitative estimate of drug-likeness (QED) is 0.858. The van der Waals surface area contributed by atoms with Crippen molar-refractivity contribution < 1.29 is 9.57 Å². The predicted molar refractivity (Wildman–Crippen MR) is 81.3 cm³/mol. The van der Waals surface area contributed by atoms with Gasteiger partial charge in [0.1, 0.15) is 18.3 Å². The van der Waals surface area contributed by atoms with Gasteiger partial charge in [0.15, 0.2) is 0 Å². The van der Waals surface area contributed by atoms with Crippen LogP contribution in [0.15, 0.2) is 59.8 Å². The van der Waals surface area contributed by atoms with Gasteiger partial charge in [-0.25, -0.2) is 0 Å². The van der Waals surface area contributed by atoms with E-state index >= 15 is 0 Å². The monoisotopic (exact) mass is 300 g/mol. The lowest BCUT2D eigenvalue weighted by Crippen LogP contribution is -2.08. The van der Waals surface area contributed by atoms with Gasteiger partial charge in [-0.15, -0.1) is 0 Å². The Morgan fingerprint density at radius 2 is 1.76 bits per heavy atom. The number of oxime groups is 1. The van der Waals surface area contributed by atoms with Crippen LogP contribution in [0.25, 0.3) is 0 Å². The van der Waals surface area contributed by atoms with E-state index in [1.54, 1.807) is 24.3 Å². The summed E-state index contributed by atoms with van der Waals surface area (Å²) in [6.45, 7) is 0.335. The Morgan fingerprint density at radius 1 is 1.14 bits per heavy atom. The normalized spacial score (nSPS) is 12.2. The van der Waals surface area contributed by atoms with Crippen molar-refractivity contribution in [1.82, 2.24) is 0 Å². The van der Waals surface area contributed by atoms with E-state index in [1.807, 2.05) is 30.3 Å². The first kappa shape index (κ1) is 14.9. The fourth-order valence-corrected chi connectivity index (χ4v) is 1.73. The minimum Gasteiger partial charge on any atom is -0.492 e. The molecule has 3 rings (SSSR count). The zero-order valence-electron chi connectivity index (χ0n) is 11.1. The van der Waals surface area contributed by atoms with Crippen molar-refractivity contribution in [2.24, 2.45) is 5.16 Å². The van der Waals surface area contributed by atoms with E-state index in [2.05, 4.69) is 16.1 Å². The molecule has 21 heavy (non-hydrogen) atoms. The van der Waals surface area contributed by atoms with Crippen LogP contribution in [0.5, 0.6) is 5.75 Å². The van der Waals surface area contributed by atoms with Gasteiger partial charge in [0.25, 0.3) is 0 Å². The second-order valence-electron chi connectivity index (χ2n) is 4.17. The van der Waals surface area contributed by atoms with E-state index in [0.29, 0.717) is 11.6 Å². The van der Waals surface area contributed by atoms with Crippen molar-refractivity contribution in [2.45, 2.75) is 5.92 Å². The summed E-state index contributed by atoms with van der Waals surface area (Å²) in [6, 6.07) is 19.0. The van der Waals surface area contributed by atoms with Crippen LogP contribution in [0, 0.1) is 11.3 Å². The first-order valence-corrected chi connectivity index (χ1v) is 6.68. The van der Waals surface area contributed by atoms with Crippen LogP contribution < -0.4 is 4.74 Å². The van der Waals surface area contributed by atoms with Gasteiger partial charge >= 0.3 is 0 Å². The second-order valence-corrected chi connectivity index (χ2v) is 4.61. The summed E-state index contributed by atoms with van der Waals surface area (Å²) in [4.78, 5) is 4.00. The first-order valence-electron chi connectivity index (χ1n) is 6.30. The molecule has 4 nitrogen and oxygen atoms in total. The molecule has 0 amide bonds. The molecule has 1 atom stereocenters. The number of nitriles is 1. The maximum absolute atomic E-state index is 9.15. The summed E-state index contributed by atoms with van der Waals surface area (Å²) >= 11 is 5.79. The summed E-state index contributed by atoms with van der Waals surface area (Å²) < 4.78 is 5.59. The number of hydrogen-bond donors (Lipinski definition) is 0. The molecule has 0 N–H and O–H groups in total. The van der Waals surface area contributed by atoms with E-state index in [1.165, 1.54) is 6.40 Å². The van der Waals surface area contributed by atoms with Crippen LogP contribution in [0.3, 0.4) is 0 Å². The maximum atomic E-state index is 9.15. The van der Waals surface area contributed by atoms with Gasteiger partial charge in [0.2, 0.25) is 6.40 Å². The highest BCUT2D eigenvalue weighted by Crippen LogP contribution is 2.19. The average Bonchev–Trinajstić information content (AvgIpc) is 3.39. The topological polar surface area (TPSA) is 57.9 Å². The molecule has 1 unspecified atom stereocenters. The molecule has 1 aliphatic heterocycles. The fourth-order valence-electron chi connectivity index (χ4n) is 1.60. The molecular weight excluding hydrogens is 288 g/mol. The van der Waals surface area contributed by atoms with Crippen molar-refractivity contribution in [3.8, 4) is 11.8 Å². The number of benzene rings is 2. The van der Waals surface area contributed by atoms with Gasteiger partial charge in [-0.1, -0.05) is 41.9 Å². The summed E-state index contributed by atoms with van der Waals surface area (Å²) in [5.74, 6) is 0.456. The highest BCUT2D eigenvalue weighted by atomic mass is 35.5. The van der Waals surface area contributed by atoms with Crippen LogP contribution >= 0.6 is 11.6 Å². The third-order valence-electron chi connectivity index (χ3n) is 2.69. The molecule has 0 aliphatic carbocycles. The molecule has 0 saturated carbocycles. The number of ether oxygens (including phenoxy) is 1. The van der Waals surface area contributed by atoms with Crippen molar-refractivity contribution in [3.05, 3.63) is 65.2 Å². The highest BCUT2D eigenvalue weighted by Gasteiger charge is 2.10. The maximum Gasteiger partial charge on any atom is 0.249 e. The number of halogens is 1. The van der Waals surface area contributed by atoms with Crippen LogP contribution in [0.2, 0.25) is 5.02 Å². The van der Waals surface area contributed by atoms with E-state index in [4.69, 9.17) is 21.6 Å². The predicted octanol–water partition coefficient (Wildman–Crippen LogP) is 3.99.